The van der Waals surface area contributed by atoms with Crippen LogP contribution in [0.1, 0.15) is 20.8 Å². The topological polar surface area (TPSA) is 55.5 Å². The van der Waals surface area contributed by atoms with Crippen molar-refractivity contribution in [2.45, 2.75) is 25.5 Å². The number of nitrogens with zero attached hydrogens (tertiary/aromatic N) is 2. The van der Waals surface area contributed by atoms with E-state index in [1.54, 1.807) is 18.2 Å². The number of hydrogen-bond donors (Lipinski definition) is 0. The van der Waals surface area contributed by atoms with Gasteiger partial charge in [-0.2, -0.15) is 8.79 Å². The molecule has 1 atom stereocenters. The Balaban J connectivity index is 2.56. The van der Waals surface area contributed by atoms with Gasteiger partial charge in [-0.15, -0.1) is 0 Å². The summed E-state index contributed by atoms with van der Waals surface area (Å²) in [6.45, 7) is 5.44. The standard InChI is InChI=1S/C16H13BrClFN2O2S/c1-16(2,3)24(22)21-13-9-6-8(17)4-5-11(9)23-14-10(13)7-12(18)20-15(14)19/h4-7H,1-3H3. The Morgan fingerprint density at radius 2 is 2.00 bits per heavy atom. The average molecular weight is 432 g/mol. The molecule has 3 rings (SSSR count). The summed E-state index contributed by atoms with van der Waals surface area (Å²) in [4.78, 5) is 3.57. The predicted octanol–water partition coefficient (Wildman–Crippen LogP) is 4.90. The molecular weight excluding hydrogens is 419 g/mol. The lowest BCUT2D eigenvalue weighted by Crippen LogP contribution is -2.22. The van der Waals surface area contributed by atoms with E-state index in [0.717, 1.165) is 4.47 Å². The Kier molecular flexibility index (Phi) is 4.53. The minimum absolute atomic E-state index is 0.0254. The molecule has 2 heterocycles. The summed E-state index contributed by atoms with van der Waals surface area (Å²) in [6.07, 6.45) is 0. The van der Waals surface area contributed by atoms with E-state index >= 15 is 0 Å². The molecule has 3 aromatic rings. The van der Waals surface area contributed by atoms with Gasteiger partial charge in [0.25, 0.3) is 5.95 Å². The highest BCUT2D eigenvalue weighted by atomic mass is 79.9. The van der Waals surface area contributed by atoms with Crippen LogP contribution in [0.25, 0.3) is 21.9 Å². The van der Waals surface area contributed by atoms with Crippen LogP contribution in [-0.2, 0) is 11.0 Å². The number of pyridine rings is 1. The first-order chi connectivity index (χ1) is 11.2. The van der Waals surface area contributed by atoms with Crippen molar-refractivity contribution in [3.05, 3.63) is 45.2 Å². The molecule has 0 bridgehead atoms. The predicted molar refractivity (Wildman–Crippen MR) is 97.6 cm³/mol. The summed E-state index contributed by atoms with van der Waals surface area (Å²) in [5.74, 6) is -0.833. The molecule has 0 radical (unpaired) electrons. The number of hydrogen-bond acceptors (Lipinski definition) is 3. The number of halogens is 3. The Hall–Kier alpha value is -1.31. The normalized spacial score (nSPS) is 14.5. The van der Waals surface area contributed by atoms with Crippen LogP contribution in [0.2, 0.25) is 5.15 Å². The third-order valence-electron chi connectivity index (χ3n) is 3.26. The van der Waals surface area contributed by atoms with Gasteiger partial charge in [-0.1, -0.05) is 27.5 Å². The lowest BCUT2D eigenvalue weighted by Gasteiger charge is -2.13. The molecule has 0 amide bonds. The summed E-state index contributed by atoms with van der Waals surface area (Å²) < 4.78 is 36.9. The molecule has 8 heteroatoms. The highest BCUT2D eigenvalue weighted by Gasteiger charge is 2.20. The molecule has 0 spiro atoms. The largest absolute Gasteiger partial charge is 0.451 e. The third kappa shape index (κ3) is 3.25. The van der Waals surface area contributed by atoms with Crippen LogP contribution < -0.4 is 5.36 Å². The molecule has 4 nitrogen and oxygen atoms in total. The van der Waals surface area contributed by atoms with E-state index in [9.17, 15) is 8.60 Å². The van der Waals surface area contributed by atoms with Crippen LogP contribution in [0, 0.1) is 5.95 Å². The molecule has 2 aromatic heterocycles. The van der Waals surface area contributed by atoms with E-state index < -0.39 is 21.7 Å². The van der Waals surface area contributed by atoms with Crippen LogP contribution >= 0.6 is 27.5 Å². The number of rotatable bonds is 1. The third-order valence-corrected chi connectivity index (χ3v) is 5.35. The zero-order valence-electron chi connectivity index (χ0n) is 13.1. The van der Waals surface area contributed by atoms with Gasteiger partial charge in [0.15, 0.2) is 5.58 Å². The fourth-order valence-electron chi connectivity index (χ4n) is 2.10. The lowest BCUT2D eigenvalue weighted by molar-refractivity contribution is 0.549. The van der Waals surface area contributed by atoms with Crippen molar-refractivity contribution < 1.29 is 13.0 Å². The minimum Gasteiger partial charge on any atom is -0.451 e. The van der Waals surface area contributed by atoms with E-state index in [-0.39, 0.29) is 10.7 Å². The van der Waals surface area contributed by atoms with Gasteiger partial charge in [0.2, 0.25) is 0 Å². The smallest absolute Gasteiger partial charge is 0.258 e. The number of fused-ring (bicyclic) bond motifs is 2. The number of benzene rings is 1. The van der Waals surface area contributed by atoms with E-state index in [1.165, 1.54) is 6.07 Å². The van der Waals surface area contributed by atoms with E-state index in [2.05, 4.69) is 25.3 Å². The zero-order chi connectivity index (χ0) is 17.6. The molecule has 0 aliphatic heterocycles. The maximum Gasteiger partial charge on any atom is 0.258 e. The molecule has 24 heavy (non-hydrogen) atoms. The summed E-state index contributed by atoms with van der Waals surface area (Å²) in [6, 6.07) is 6.70. The molecule has 0 N–H and O–H groups in total. The second-order valence-corrected chi connectivity index (χ2v) is 9.36. The van der Waals surface area contributed by atoms with Gasteiger partial charge >= 0.3 is 0 Å². The fourth-order valence-corrected chi connectivity index (χ4v) is 3.28. The summed E-state index contributed by atoms with van der Waals surface area (Å²) in [5.41, 5.74) is 0.345. The zero-order valence-corrected chi connectivity index (χ0v) is 16.2. The second kappa shape index (κ2) is 6.20. The van der Waals surface area contributed by atoms with Gasteiger partial charge in [0.1, 0.15) is 21.7 Å². The van der Waals surface area contributed by atoms with E-state index in [0.29, 0.717) is 21.7 Å². The van der Waals surface area contributed by atoms with Crippen molar-refractivity contribution >= 4 is 60.5 Å². The first-order valence-corrected chi connectivity index (χ1v) is 9.29. The van der Waals surface area contributed by atoms with Crippen molar-refractivity contribution in [3.8, 4) is 0 Å². The summed E-state index contributed by atoms with van der Waals surface area (Å²) in [5, 5.41) is 1.28. The fraction of sp³-hybridized carbons (Fsp3) is 0.250. The highest BCUT2D eigenvalue weighted by molar-refractivity contribution is 9.10. The quantitative estimate of drug-likeness (QED) is 0.407. The number of aromatic nitrogens is 1. The second-order valence-electron chi connectivity index (χ2n) is 6.16. The van der Waals surface area contributed by atoms with Crippen LogP contribution in [0.3, 0.4) is 0 Å². The molecule has 0 saturated carbocycles. The van der Waals surface area contributed by atoms with Gasteiger partial charge < -0.3 is 4.42 Å². The first-order valence-electron chi connectivity index (χ1n) is 7.01. The molecule has 0 aliphatic carbocycles. The van der Waals surface area contributed by atoms with Crippen LogP contribution in [0.4, 0.5) is 4.39 Å². The van der Waals surface area contributed by atoms with E-state index in [4.69, 9.17) is 16.0 Å². The lowest BCUT2D eigenvalue weighted by atomic mass is 10.1. The van der Waals surface area contributed by atoms with Crippen LogP contribution in [0.15, 0.2) is 37.6 Å². The van der Waals surface area contributed by atoms with Crippen molar-refractivity contribution in [2.24, 2.45) is 4.40 Å². The molecule has 126 valence electrons. The van der Waals surface area contributed by atoms with E-state index in [1.807, 2.05) is 20.8 Å². The summed E-state index contributed by atoms with van der Waals surface area (Å²) in [7, 11) is -1.54. The van der Waals surface area contributed by atoms with Gasteiger partial charge in [-0.05, 0) is 45.0 Å². The highest BCUT2D eigenvalue weighted by Crippen LogP contribution is 2.25. The van der Waals surface area contributed by atoms with Gasteiger partial charge in [-0.3, -0.25) is 0 Å². The van der Waals surface area contributed by atoms with Gasteiger partial charge in [-0.25, -0.2) is 9.19 Å². The van der Waals surface area contributed by atoms with Crippen molar-refractivity contribution in [3.63, 3.8) is 0 Å². The Bertz CT molecular complexity index is 1060. The first kappa shape index (κ1) is 17.5. The molecular formula is C16H13BrClFN2O2S. The maximum absolute atomic E-state index is 14.2. The molecule has 1 unspecified atom stereocenters. The van der Waals surface area contributed by atoms with Crippen LogP contribution in [-0.4, -0.2) is 13.9 Å². The molecule has 0 aliphatic rings. The van der Waals surface area contributed by atoms with Crippen molar-refractivity contribution in [1.82, 2.24) is 4.98 Å². The van der Waals surface area contributed by atoms with Gasteiger partial charge in [0, 0.05) is 9.86 Å². The summed E-state index contributed by atoms with van der Waals surface area (Å²) >= 11 is 9.28. The van der Waals surface area contributed by atoms with Gasteiger partial charge in [0.05, 0.1) is 15.5 Å². The van der Waals surface area contributed by atoms with Crippen molar-refractivity contribution in [2.75, 3.05) is 0 Å². The SMILES string of the molecule is CC(C)(C)S(=O)N=c1c2cc(Br)ccc2oc2c(F)nc(Cl)cc12. The molecule has 0 fully saturated rings. The Morgan fingerprint density at radius 1 is 1.29 bits per heavy atom. The van der Waals surface area contributed by atoms with Crippen LogP contribution in [0.5, 0.6) is 0 Å². The van der Waals surface area contributed by atoms with Crippen molar-refractivity contribution in [1.29, 1.82) is 0 Å². The average Bonchev–Trinajstić information content (AvgIpc) is 2.47. The minimum atomic E-state index is -1.54. The maximum atomic E-state index is 14.2. The Morgan fingerprint density at radius 3 is 2.67 bits per heavy atom. The monoisotopic (exact) mass is 430 g/mol. The molecule has 1 aromatic carbocycles. The molecule has 0 saturated heterocycles. The Labute approximate surface area is 153 Å².